The van der Waals surface area contributed by atoms with Gasteiger partial charge in [-0.15, -0.1) is 0 Å². The van der Waals surface area contributed by atoms with Crippen molar-refractivity contribution in [3.8, 4) is 0 Å². The van der Waals surface area contributed by atoms with Gasteiger partial charge in [-0.25, -0.2) is 17.7 Å². The molecule has 214 valence electrons. The zero-order chi connectivity index (χ0) is 28.5. The van der Waals surface area contributed by atoms with Crippen LogP contribution in [0.15, 0.2) is 46.7 Å². The number of allylic oxidation sites excluding steroid dienone is 1. The summed E-state index contributed by atoms with van der Waals surface area (Å²) in [5.74, 6) is 0.891. The van der Waals surface area contributed by atoms with Gasteiger partial charge in [0.1, 0.15) is 5.70 Å². The summed E-state index contributed by atoms with van der Waals surface area (Å²) in [6.07, 6.45) is 6.04. The lowest BCUT2D eigenvalue weighted by Crippen LogP contribution is -2.47. The average molecular weight is 598 g/mol. The summed E-state index contributed by atoms with van der Waals surface area (Å²) in [6.45, 7) is 9.14. The molecule has 3 atom stereocenters. The van der Waals surface area contributed by atoms with E-state index in [9.17, 15) is 13.2 Å². The van der Waals surface area contributed by atoms with E-state index in [1.54, 1.807) is 36.5 Å². The maximum absolute atomic E-state index is 13.5. The highest BCUT2D eigenvalue weighted by Crippen LogP contribution is 2.42. The summed E-state index contributed by atoms with van der Waals surface area (Å²) in [5.41, 5.74) is 7.66. The number of halogens is 2. The van der Waals surface area contributed by atoms with E-state index in [1.807, 2.05) is 4.90 Å². The fourth-order valence-corrected chi connectivity index (χ4v) is 7.14. The van der Waals surface area contributed by atoms with Crippen LogP contribution in [0.5, 0.6) is 0 Å². The third kappa shape index (κ3) is 6.79. The van der Waals surface area contributed by atoms with E-state index < -0.39 is 10.0 Å². The number of likely N-dealkylation sites (tertiary alicyclic amines) is 2. The molecule has 1 amide bonds. The van der Waals surface area contributed by atoms with Crippen molar-refractivity contribution in [3.05, 3.63) is 51.8 Å². The van der Waals surface area contributed by atoms with Crippen LogP contribution in [-0.2, 0) is 14.8 Å². The van der Waals surface area contributed by atoms with Crippen LogP contribution < -0.4 is 11.1 Å². The molecule has 3 aliphatic rings. The van der Waals surface area contributed by atoms with Gasteiger partial charge in [-0.2, -0.15) is 0 Å². The Hall–Kier alpha value is -2.11. The number of carbonyl (C=O) groups excluding carboxylic acids is 1. The van der Waals surface area contributed by atoms with E-state index in [4.69, 9.17) is 28.9 Å². The molecule has 0 bridgehead atoms. The molecule has 3 N–H and O–H groups in total. The molecule has 9 nitrogen and oxygen atoms in total. The van der Waals surface area contributed by atoms with Crippen molar-refractivity contribution >= 4 is 51.2 Å². The Morgan fingerprint density at radius 2 is 1.79 bits per heavy atom. The average Bonchev–Trinajstić information content (AvgIpc) is 3.47. The number of hydrogen-bond donors (Lipinski definition) is 2. The van der Waals surface area contributed by atoms with E-state index >= 15 is 0 Å². The van der Waals surface area contributed by atoms with E-state index in [0.29, 0.717) is 58.0 Å². The number of benzene rings is 1. The lowest BCUT2D eigenvalue weighted by Gasteiger charge is -2.37. The molecule has 4 rings (SSSR count). The van der Waals surface area contributed by atoms with Crippen LogP contribution in [0.4, 0.5) is 5.69 Å². The van der Waals surface area contributed by atoms with Gasteiger partial charge in [0.25, 0.3) is 5.91 Å². The minimum atomic E-state index is -3.17. The number of sulfonamides is 1. The molecule has 12 heteroatoms. The number of aliphatic imine (C=N–C) groups is 1. The fourth-order valence-electron chi connectivity index (χ4n) is 6.13. The van der Waals surface area contributed by atoms with E-state index in [2.05, 4.69) is 21.8 Å². The van der Waals surface area contributed by atoms with Gasteiger partial charge in [-0.1, -0.05) is 29.8 Å². The number of rotatable bonds is 8. The molecule has 0 radical (unpaired) electrons. The number of carbonyl (C=O) groups is 1. The normalized spacial score (nSPS) is 25.3. The summed E-state index contributed by atoms with van der Waals surface area (Å²) in [4.78, 5) is 22.1. The van der Waals surface area contributed by atoms with Crippen LogP contribution in [0, 0.1) is 11.8 Å². The smallest absolute Gasteiger partial charge is 0.272 e. The molecule has 1 saturated carbocycles. The van der Waals surface area contributed by atoms with Crippen molar-refractivity contribution in [2.45, 2.75) is 44.7 Å². The molecule has 2 saturated heterocycles. The Bertz CT molecular complexity index is 1260. The largest absolute Gasteiger partial charge is 0.390 e. The fraction of sp³-hybridized carbons (Fsp3) is 0.556. The molecule has 2 aliphatic heterocycles. The standard InChI is InChI=1S/C27H38Cl2N6O3S/c1-17(18(2)32-21-5-6-24(28)25(29)13-21)26(31-16-30)27(36)34-9-7-22(8-10-34)35-14-19-11-23(12-20(19)15-35)33(3)39(4,37)38/h5-6,13,16,19-20,22-23,32H,2,7-12,14-15H2,1,3-4H3,(H2,30,31)/b26-17-/t19-,20+,23-. The molecule has 1 aromatic carbocycles. The molecular formula is C27H38Cl2N6O3S. The molecule has 3 fully saturated rings. The molecule has 1 aliphatic carbocycles. The van der Waals surface area contributed by atoms with Gasteiger partial charge in [-0.3, -0.25) is 9.69 Å². The molecular weight excluding hydrogens is 559 g/mol. The van der Waals surface area contributed by atoms with Crippen LogP contribution in [0.2, 0.25) is 10.0 Å². The zero-order valence-electron chi connectivity index (χ0n) is 22.7. The first-order valence-electron chi connectivity index (χ1n) is 13.2. The number of nitrogens with one attached hydrogen (secondary N) is 1. The summed E-state index contributed by atoms with van der Waals surface area (Å²) >= 11 is 12.1. The van der Waals surface area contributed by atoms with E-state index in [1.165, 1.54) is 6.26 Å². The Kier molecular flexibility index (Phi) is 9.33. The quantitative estimate of drug-likeness (QED) is 0.204. The van der Waals surface area contributed by atoms with Crippen LogP contribution >= 0.6 is 23.2 Å². The second-order valence-corrected chi connectivity index (χ2v) is 13.7. The van der Waals surface area contributed by atoms with Crippen molar-refractivity contribution in [1.82, 2.24) is 14.1 Å². The van der Waals surface area contributed by atoms with E-state index in [-0.39, 0.29) is 17.6 Å². The lowest BCUT2D eigenvalue weighted by atomic mass is 10.0. The van der Waals surface area contributed by atoms with Gasteiger partial charge in [0.2, 0.25) is 10.0 Å². The monoisotopic (exact) mass is 596 g/mol. The Labute approximate surface area is 241 Å². The van der Waals surface area contributed by atoms with Crippen molar-refractivity contribution < 1.29 is 13.2 Å². The molecule has 0 unspecified atom stereocenters. The maximum atomic E-state index is 13.5. The minimum Gasteiger partial charge on any atom is -0.390 e. The number of hydrogen-bond acceptors (Lipinski definition) is 6. The summed E-state index contributed by atoms with van der Waals surface area (Å²) in [6, 6.07) is 5.68. The highest BCUT2D eigenvalue weighted by molar-refractivity contribution is 7.88. The van der Waals surface area contributed by atoms with Crippen molar-refractivity contribution in [1.29, 1.82) is 0 Å². The van der Waals surface area contributed by atoms with Gasteiger partial charge in [-0.05, 0) is 62.6 Å². The van der Waals surface area contributed by atoms with Gasteiger partial charge in [0.05, 0.1) is 22.6 Å². The first kappa shape index (κ1) is 29.9. The number of nitrogens with zero attached hydrogens (tertiary/aromatic N) is 4. The topological polar surface area (TPSA) is 111 Å². The van der Waals surface area contributed by atoms with Crippen LogP contribution in [0.25, 0.3) is 0 Å². The Balaban J connectivity index is 1.34. The number of anilines is 1. The number of nitrogens with two attached hydrogens (primary N) is 1. The minimum absolute atomic E-state index is 0.106. The molecule has 1 aromatic rings. The van der Waals surface area contributed by atoms with Crippen molar-refractivity contribution in [2.24, 2.45) is 22.6 Å². The summed E-state index contributed by atoms with van der Waals surface area (Å²) in [5, 5.41) is 4.03. The van der Waals surface area contributed by atoms with Gasteiger partial charge < -0.3 is 16.0 Å². The number of amides is 1. The van der Waals surface area contributed by atoms with Crippen LogP contribution in [-0.4, -0.2) is 86.3 Å². The second-order valence-electron chi connectivity index (χ2n) is 10.9. The summed E-state index contributed by atoms with van der Waals surface area (Å²) in [7, 11) is -1.47. The molecule has 39 heavy (non-hydrogen) atoms. The summed E-state index contributed by atoms with van der Waals surface area (Å²) < 4.78 is 25.5. The van der Waals surface area contributed by atoms with Crippen LogP contribution in [0.1, 0.15) is 32.6 Å². The number of piperidine rings is 1. The first-order valence-corrected chi connectivity index (χ1v) is 15.8. The zero-order valence-corrected chi connectivity index (χ0v) is 25.1. The third-order valence-corrected chi connectivity index (χ3v) is 10.6. The Morgan fingerprint density at radius 1 is 1.18 bits per heavy atom. The third-order valence-electron chi connectivity index (χ3n) is 8.49. The molecule has 2 heterocycles. The first-order chi connectivity index (χ1) is 18.4. The van der Waals surface area contributed by atoms with Crippen molar-refractivity contribution in [3.63, 3.8) is 0 Å². The second kappa shape index (κ2) is 12.2. The van der Waals surface area contributed by atoms with E-state index in [0.717, 1.165) is 45.1 Å². The van der Waals surface area contributed by atoms with Gasteiger partial charge >= 0.3 is 0 Å². The van der Waals surface area contributed by atoms with Gasteiger partial charge in [0.15, 0.2) is 0 Å². The predicted molar refractivity (Wildman–Crippen MR) is 158 cm³/mol. The SMILES string of the molecule is C=C(Nc1ccc(Cl)c(Cl)c1)/C(C)=C(\N=C/N)C(=O)N1CCC(N2C[C@H]3C[C@@H](N(C)S(C)(=O)=O)C[C@H]3C2)CC1. The highest BCUT2D eigenvalue weighted by atomic mass is 35.5. The lowest BCUT2D eigenvalue weighted by molar-refractivity contribution is -0.128. The number of fused-ring (bicyclic) bond motifs is 1. The molecule has 0 spiro atoms. The predicted octanol–water partition coefficient (Wildman–Crippen LogP) is 3.77. The molecule has 0 aromatic heterocycles. The van der Waals surface area contributed by atoms with Crippen molar-refractivity contribution in [2.75, 3.05) is 44.8 Å². The maximum Gasteiger partial charge on any atom is 0.272 e. The highest BCUT2D eigenvalue weighted by Gasteiger charge is 2.45. The Morgan fingerprint density at radius 3 is 2.33 bits per heavy atom. The van der Waals surface area contributed by atoms with Gasteiger partial charge in [0, 0.05) is 62.3 Å². The van der Waals surface area contributed by atoms with Crippen LogP contribution in [0.3, 0.4) is 0 Å².